The lowest BCUT2D eigenvalue weighted by Gasteiger charge is -2.47. The first-order chi connectivity index (χ1) is 11.3. The molecule has 3 heterocycles. The van der Waals surface area contributed by atoms with Crippen molar-refractivity contribution in [2.75, 3.05) is 16.8 Å². The zero-order valence-electron chi connectivity index (χ0n) is 13.9. The van der Waals surface area contributed by atoms with Gasteiger partial charge in [0.15, 0.2) is 0 Å². The second kappa shape index (κ2) is 5.84. The van der Waals surface area contributed by atoms with Gasteiger partial charge in [-0.3, -0.25) is 0 Å². The van der Waals surface area contributed by atoms with Crippen LogP contribution in [0.2, 0.25) is 0 Å². The van der Waals surface area contributed by atoms with Gasteiger partial charge in [0.05, 0.1) is 6.04 Å². The lowest BCUT2D eigenvalue weighted by atomic mass is 9.75. The minimum atomic E-state index is 0.392. The summed E-state index contributed by atoms with van der Waals surface area (Å²) in [7, 11) is 0. The molecule has 1 aromatic heterocycles. The minimum absolute atomic E-state index is 0.392. The highest BCUT2D eigenvalue weighted by Gasteiger charge is 2.38. The van der Waals surface area contributed by atoms with Crippen molar-refractivity contribution in [3.05, 3.63) is 47.7 Å². The van der Waals surface area contributed by atoms with Gasteiger partial charge in [0.2, 0.25) is 5.95 Å². The highest BCUT2D eigenvalue weighted by Crippen LogP contribution is 2.47. The Balaban J connectivity index is 1.64. The summed E-state index contributed by atoms with van der Waals surface area (Å²) in [5.41, 5.74) is 3.04. The highest BCUT2D eigenvalue weighted by molar-refractivity contribution is 5.52. The zero-order valence-corrected chi connectivity index (χ0v) is 13.9. The molecule has 3 aliphatic rings. The Bertz CT molecular complexity index is 699. The first-order valence-corrected chi connectivity index (χ1v) is 8.71. The number of nitrogens with zero attached hydrogens (tertiary/aromatic N) is 3. The van der Waals surface area contributed by atoms with Gasteiger partial charge >= 0.3 is 0 Å². The van der Waals surface area contributed by atoms with Crippen LogP contribution in [0.25, 0.3) is 0 Å². The molecule has 1 aliphatic carbocycles. The monoisotopic (exact) mass is 308 g/mol. The Labute approximate surface area is 138 Å². The van der Waals surface area contributed by atoms with E-state index in [1.807, 2.05) is 12.3 Å². The SMILES string of the molecule is CC[C@@H](C)Nc1nccc(N2C[C@H]3CC[C@H]2c2ccccc23)n1. The maximum Gasteiger partial charge on any atom is 0.224 e. The summed E-state index contributed by atoms with van der Waals surface area (Å²) < 4.78 is 0. The van der Waals surface area contributed by atoms with E-state index in [2.05, 4.69) is 53.3 Å². The average Bonchev–Trinajstić information content (AvgIpc) is 2.62. The number of aromatic nitrogens is 2. The maximum absolute atomic E-state index is 4.78. The van der Waals surface area contributed by atoms with Crippen molar-refractivity contribution in [1.82, 2.24) is 9.97 Å². The molecular weight excluding hydrogens is 284 g/mol. The molecule has 5 rings (SSSR count). The fourth-order valence-electron chi connectivity index (χ4n) is 3.89. The van der Waals surface area contributed by atoms with Gasteiger partial charge in [-0.15, -0.1) is 0 Å². The Morgan fingerprint density at radius 1 is 1.22 bits per heavy atom. The fourth-order valence-corrected chi connectivity index (χ4v) is 3.89. The van der Waals surface area contributed by atoms with Crippen LogP contribution in [0.4, 0.5) is 11.8 Å². The molecule has 1 N–H and O–H groups in total. The van der Waals surface area contributed by atoms with Crippen LogP contribution in [0.5, 0.6) is 0 Å². The predicted octanol–water partition coefficient (Wildman–Crippen LogP) is 4.13. The van der Waals surface area contributed by atoms with Crippen LogP contribution in [0.3, 0.4) is 0 Å². The fraction of sp³-hybridized carbons (Fsp3) is 0.474. The van der Waals surface area contributed by atoms with Crippen LogP contribution in [0, 0.1) is 0 Å². The van der Waals surface area contributed by atoms with Crippen molar-refractivity contribution < 1.29 is 0 Å². The number of piperidine rings is 1. The summed E-state index contributed by atoms with van der Waals surface area (Å²) in [4.78, 5) is 11.6. The summed E-state index contributed by atoms with van der Waals surface area (Å²) in [6.45, 7) is 5.40. The van der Waals surface area contributed by atoms with Crippen molar-refractivity contribution in [3.63, 3.8) is 0 Å². The molecule has 23 heavy (non-hydrogen) atoms. The normalized spacial score (nSPS) is 23.5. The second-order valence-corrected chi connectivity index (χ2v) is 6.76. The lowest BCUT2D eigenvalue weighted by molar-refractivity contribution is 0.387. The third kappa shape index (κ3) is 2.56. The Hall–Kier alpha value is -2.10. The molecule has 3 atom stereocenters. The van der Waals surface area contributed by atoms with Crippen LogP contribution >= 0.6 is 0 Å². The van der Waals surface area contributed by atoms with Crippen LogP contribution in [0.1, 0.15) is 56.2 Å². The van der Waals surface area contributed by atoms with E-state index in [9.17, 15) is 0 Å². The molecule has 0 amide bonds. The van der Waals surface area contributed by atoms with Crippen molar-refractivity contribution in [2.45, 2.75) is 51.1 Å². The number of fused-ring (bicyclic) bond motifs is 2. The van der Waals surface area contributed by atoms with Gasteiger partial charge in [0.25, 0.3) is 0 Å². The van der Waals surface area contributed by atoms with E-state index in [1.165, 1.54) is 18.4 Å². The summed E-state index contributed by atoms with van der Waals surface area (Å²) in [5, 5.41) is 3.39. The molecule has 1 aromatic carbocycles. The van der Waals surface area contributed by atoms with E-state index in [1.54, 1.807) is 5.56 Å². The molecule has 2 aromatic rings. The topological polar surface area (TPSA) is 41.1 Å². The van der Waals surface area contributed by atoms with Gasteiger partial charge in [-0.1, -0.05) is 31.2 Å². The van der Waals surface area contributed by atoms with Gasteiger partial charge in [-0.25, -0.2) is 4.98 Å². The molecular formula is C19H24N4. The number of nitrogens with one attached hydrogen (secondary N) is 1. The zero-order chi connectivity index (χ0) is 15.8. The molecule has 0 spiro atoms. The van der Waals surface area contributed by atoms with E-state index < -0.39 is 0 Å². The van der Waals surface area contributed by atoms with E-state index in [0.29, 0.717) is 18.0 Å². The number of benzene rings is 1. The van der Waals surface area contributed by atoms with E-state index in [4.69, 9.17) is 4.98 Å². The van der Waals surface area contributed by atoms with Crippen LogP contribution in [-0.4, -0.2) is 22.6 Å². The predicted molar refractivity (Wildman–Crippen MR) is 93.9 cm³/mol. The molecule has 1 fully saturated rings. The van der Waals surface area contributed by atoms with Crippen molar-refractivity contribution in [2.24, 2.45) is 0 Å². The number of rotatable bonds is 4. The highest BCUT2D eigenvalue weighted by atomic mass is 15.3. The summed E-state index contributed by atoms with van der Waals surface area (Å²) in [6.07, 6.45) is 5.46. The molecule has 0 saturated carbocycles. The molecule has 4 heteroatoms. The number of hydrogen-bond donors (Lipinski definition) is 1. The summed E-state index contributed by atoms with van der Waals surface area (Å²) in [6, 6.07) is 11.8. The van der Waals surface area contributed by atoms with Crippen molar-refractivity contribution in [3.8, 4) is 0 Å². The van der Waals surface area contributed by atoms with Crippen molar-refractivity contribution in [1.29, 1.82) is 0 Å². The van der Waals surface area contributed by atoms with E-state index >= 15 is 0 Å². The second-order valence-electron chi connectivity index (χ2n) is 6.76. The first kappa shape index (κ1) is 14.5. The smallest absolute Gasteiger partial charge is 0.224 e. The molecule has 2 aliphatic heterocycles. The van der Waals surface area contributed by atoms with Gasteiger partial charge in [-0.2, -0.15) is 4.98 Å². The Kier molecular flexibility index (Phi) is 3.68. The third-order valence-electron chi connectivity index (χ3n) is 5.30. The summed E-state index contributed by atoms with van der Waals surface area (Å²) >= 11 is 0. The number of hydrogen-bond acceptors (Lipinski definition) is 4. The standard InChI is InChI=1S/C19H24N4/c1-3-13(2)21-19-20-11-10-18(22-19)23-12-14-8-9-17(23)16-7-5-4-6-15(14)16/h4-7,10-11,13-14,17H,3,8-9,12H2,1-2H3,(H,20,21,22)/t13-,14-,17+/m1/s1. The van der Waals surface area contributed by atoms with Crippen molar-refractivity contribution >= 4 is 11.8 Å². The third-order valence-corrected chi connectivity index (χ3v) is 5.30. The first-order valence-electron chi connectivity index (χ1n) is 8.71. The van der Waals surface area contributed by atoms with Crippen LogP contribution in [-0.2, 0) is 0 Å². The van der Waals surface area contributed by atoms with Gasteiger partial charge in [0, 0.05) is 24.7 Å². The Morgan fingerprint density at radius 3 is 2.87 bits per heavy atom. The van der Waals surface area contributed by atoms with Gasteiger partial charge in [-0.05, 0) is 43.4 Å². The minimum Gasteiger partial charge on any atom is -0.352 e. The molecule has 4 nitrogen and oxygen atoms in total. The summed E-state index contributed by atoms with van der Waals surface area (Å²) in [5.74, 6) is 2.43. The molecule has 0 radical (unpaired) electrons. The molecule has 0 unspecified atom stereocenters. The number of anilines is 2. The maximum atomic E-state index is 4.78. The van der Waals surface area contributed by atoms with Crippen LogP contribution < -0.4 is 10.2 Å². The Morgan fingerprint density at radius 2 is 2.04 bits per heavy atom. The largest absolute Gasteiger partial charge is 0.352 e. The van der Waals surface area contributed by atoms with Crippen LogP contribution in [0.15, 0.2) is 36.5 Å². The molecule has 120 valence electrons. The molecule has 1 saturated heterocycles. The van der Waals surface area contributed by atoms with E-state index in [-0.39, 0.29) is 0 Å². The van der Waals surface area contributed by atoms with Gasteiger partial charge in [0.1, 0.15) is 5.82 Å². The van der Waals surface area contributed by atoms with E-state index in [0.717, 1.165) is 24.7 Å². The van der Waals surface area contributed by atoms with Gasteiger partial charge < -0.3 is 10.2 Å². The average molecular weight is 308 g/mol. The molecule has 2 bridgehead atoms. The quantitative estimate of drug-likeness (QED) is 0.922. The lowest BCUT2D eigenvalue weighted by Crippen LogP contribution is -2.43.